The van der Waals surface area contributed by atoms with Crippen LogP contribution in [0.15, 0.2) is 48.5 Å². The molecule has 0 radical (unpaired) electrons. The number of nitrogens with zero attached hydrogens (tertiary/aromatic N) is 1. The van der Waals surface area contributed by atoms with Crippen LogP contribution in [0.25, 0.3) is 0 Å². The van der Waals surface area contributed by atoms with E-state index >= 15 is 0 Å². The van der Waals surface area contributed by atoms with E-state index in [0.29, 0.717) is 18.2 Å². The molecule has 1 atom stereocenters. The second-order valence-corrected chi connectivity index (χ2v) is 6.65. The molecule has 0 aliphatic carbocycles. The average Bonchev–Trinajstić information content (AvgIpc) is 2.99. The first-order valence-electron chi connectivity index (χ1n) is 8.41. The van der Waals surface area contributed by atoms with Gasteiger partial charge in [-0.15, -0.1) is 0 Å². The zero-order valence-electron chi connectivity index (χ0n) is 14.3. The first-order chi connectivity index (χ1) is 11.9. The molecule has 1 aliphatic heterocycles. The fourth-order valence-electron chi connectivity index (χ4n) is 2.95. The number of nitrogens with one attached hydrogen (secondary N) is 1. The van der Waals surface area contributed by atoms with E-state index in [4.69, 9.17) is 0 Å². The predicted molar refractivity (Wildman–Crippen MR) is 96.0 cm³/mol. The molecule has 5 heteroatoms. The lowest BCUT2D eigenvalue weighted by Gasteiger charge is -2.17. The fourth-order valence-corrected chi connectivity index (χ4v) is 2.95. The highest BCUT2D eigenvalue weighted by atomic mass is 19.1. The van der Waals surface area contributed by atoms with E-state index in [-0.39, 0.29) is 24.1 Å². The molecule has 1 N–H and O–H groups in total. The maximum atomic E-state index is 12.9. The third kappa shape index (κ3) is 3.87. The van der Waals surface area contributed by atoms with Crippen molar-refractivity contribution in [1.29, 1.82) is 0 Å². The largest absolute Gasteiger partial charge is 0.326 e. The summed E-state index contributed by atoms with van der Waals surface area (Å²) in [5.74, 6) is -0.622. The molecule has 1 unspecified atom stereocenters. The van der Waals surface area contributed by atoms with Crippen LogP contribution in [-0.4, -0.2) is 18.4 Å². The summed E-state index contributed by atoms with van der Waals surface area (Å²) >= 11 is 0. The number of carbonyl (C=O) groups excluding carboxylic acids is 2. The molecule has 0 saturated carbocycles. The molecule has 2 amide bonds. The molecule has 2 aromatic rings. The molecule has 25 heavy (non-hydrogen) atoms. The minimum atomic E-state index is -0.415. The van der Waals surface area contributed by atoms with Crippen LogP contribution in [0.1, 0.15) is 31.7 Å². The monoisotopic (exact) mass is 340 g/mol. The van der Waals surface area contributed by atoms with Crippen LogP contribution in [0.3, 0.4) is 0 Å². The Kier molecular flexibility index (Phi) is 4.83. The summed E-state index contributed by atoms with van der Waals surface area (Å²) < 4.78 is 12.9. The normalized spacial score (nSPS) is 17.2. The van der Waals surface area contributed by atoms with Crippen molar-refractivity contribution in [3.63, 3.8) is 0 Å². The molecule has 1 aliphatic rings. The SMILES string of the molecule is CC(C)c1ccc(N2CC(C(=O)Nc3ccc(F)cc3)CC2=O)cc1. The van der Waals surface area contributed by atoms with E-state index in [1.807, 2.05) is 24.3 Å². The van der Waals surface area contributed by atoms with Crippen LogP contribution in [0.4, 0.5) is 15.8 Å². The lowest BCUT2D eigenvalue weighted by atomic mass is 10.0. The molecule has 0 aromatic heterocycles. The van der Waals surface area contributed by atoms with Crippen molar-refractivity contribution >= 4 is 23.2 Å². The molecule has 0 bridgehead atoms. The second-order valence-electron chi connectivity index (χ2n) is 6.65. The smallest absolute Gasteiger partial charge is 0.229 e. The van der Waals surface area contributed by atoms with Gasteiger partial charge in [-0.25, -0.2) is 4.39 Å². The number of hydrogen-bond donors (Lipinski definition) is 1. The number of hydrogen-bond acceptors (Lipinski definition) is 2. The van der Waals surface area contributed by atoms with Gasteiger partial charge in [0, 0.05) is 24.3 Å². The third-order valence-electron chi connectivity index (χ3n) is 4.48. The Bertz CT molecular complexity index is 769. The van der Waals surface area contributed by atoms with Crippen molar-refractivity contribution in [2.24, 2.45) is 5.92 Å². The van der Waals surface area contributed by atoms with Gasteiger partial charge in [-0.3, -0.25) is 9.59 Å². The van der Waals surface area contributed by atoms with Crippen molar-refractivity contribution < 1.29 is 14.0 Å². The van der Waals surface area contributed by atoms with E-state index in [2.05, 4.69) is 19.2 Å². The van der Waals surface area contributed by atoms with Crippen molar-refractivity contribution in [3.05, 3.63) is 59.9 Å². The van der Waals surface area contributed by atoms with Crippen molar-refractivity contribution in [2.75, 3.05) is 16.8 Å². The Balaban J connectivity index is 1.67. The Morgan fingerprint density at radius 2 is 1.76 bits per heavy atom. The van der Waals surface area contributed by atoms with Gasteiger partial charge < -0.3 is 10.2 Å². The summed E-state index contributed by atoms with van der Waals surface area (Å²) in [6.45, 7) is 4.59. The third-order valence-corrected chi connectivity index (χ3v) is 4.48. The minimum Gasteiger partial charge on any atom is -0.326 e. The number of amides is 2. The highest BCUT2D eigenvalue weighted by Crippen LogP contribution is 2.27. The first kappa shape index (κ1) is 17.1. The molecule has 1 fully saturated rings. The summed E-state index contributed by atoms with van der Waals surface area (Å²) in [6.07, 6.45) is 0.180. The zero-order chi connectivity index (χ0) is 18.0. The maximum Gasteiger partial charge on any atom is 0.229 e. The van der Waals surface area contributed by atoms with Gasteiger partial charge in [0.25, 0.3) is 0 Å². The second kappa shape index (κ2) is 7.05. The molecular weight excluding hydrogens is 319 g/mol. The van der Waals surface area contributed by atoms with E-state index < -0.39 is 5.92 Å². The van der Waals surface area contributed by atoms with Crippen molar-refractivity contribution in [2.45, 2.75) is 26.2 Å². The highest BCUT2D eigenvalue weighted by Gasteiger charge is 2.35. The van der Waals surface area contributed by atoms with Gasteiger partial charge in [-0.05, 0) is 47.9 Å². The van der Waals surface area contributed by atoms with E-state index in [1.54, 1.807) is 4.90 Å². The van der Waals surface area contributed by atoms with Gasteiger partial charge in [0.05, 0.1) is 5.92 Å². The van der Waals surface area contributed by atoms with Crippen LogP contribution in [0, 0.1) is 11.7 Å². The van der Waals surface area contributed by atoms with Crippen LogP contribution in [-0.2, 0) is 9.59 Å². The highest BCUT2D eigenvalue weighted by molar-refractivity contribution is 6.03. The number of benzene rings is 2. The van der Waals surface area contributed by atoms with Crippen molar-refractivity contribution in [3.8, 4) is 0 Å². The lowest BCUT2D eigenvalue weighted by molar-refractivity contribution is -0.122. The average molecular weight is 340 g/mol. The van der Waals surface area contributed by atoms with Gasteiger partial charge in [-0.2, -0.15) is 0 Å². The summed E-state index contributed by atoms with van der Waals surface area (Å²) in [5, 5.41) is 2.74. The van der Waals surface area contributed by atoms with Gasteiger partial charge in [0.15, 0.2) is 0 Å². The summed E-state index contributed by atoms with van der Waals surface area (Å²) in [4.78, 5) is 26.3. The van der Waals surface area contributed by atoms with Crippen molar-refractivity contribution in [1.82, 2.24) is 0 Å². The summed E-state index contributed by atoms with van der Waals surface area (Å²) in [5.41, 5.74) is 2.55. The number of halogens is 1. The molecule has 4 nitrogen and oxygen atoms in total. The number of carbonyl (C=O) groups is 2. The first-order valence-corrected chi connectivity index (χ1v) is 8.41. The van der Waals surface area contributed by atoms with Crippen LogP contribution < -0.4 is 10.2 Å². The Hall–Kier alpha value is -2.69. The fraction of sp³-hybridized carbons (Fsp3) is 0.300. The topological polar surface area (TPSA) is 49.4 Å². The lowest BCUT2D eigenvalue weighted by Crippen LogP contribution is -2.28. The summed E-state index contributed by atoms with van der Waals surface area (Å²) in [7, 11) is 0. The van der Waals surface area contributed by atoms with E-state index in [0.717, 1.165) is 5.69 Å². The quantitative estimate of drug-likeness (QED) is 0.916. The Morgan fingerprint density at radius 1 is 1.12 bits per heavy atom. The maximum absolute atomic E-state index is 12.9. The van der Waals surface area contributed by atoms with Crippen LogP contribution in [0.2, 0.25) is 0 Å². The van der Waals surface area contributed by atoms with E-state index in [9.17, 15) is 14.0 Å². The minimum absolute atomic E-state index is 0.0587. The standard InChI is InChI=1S/C20H21FN2O2/c1-13(2)14-3-9-18(10-4-14)23-12-15(11-19(23)24)20(25)22-17-7-5-16(21)6-8-17/h3-10,13,15H,11-12H2,1-2H3,(H,22,25). The molecule has 1 heterocycles. The molecule has 130 valence electrons. The van der Waals surface area contributed by atoms with Gasteiger partial charge in [-0.1, -0.05) is 26.0 Å². The Morgan fingerprint density at radius 3 is 2.36 bits per heavy atom. The molecule has 0 spiro atoms. The molecule has 2 aromatic carbocycles. The zero-order valence-corrected chi connectivity index (χ0v) is 14.3. The molecule has 3 rings (SSSR count). The van der Waals surface area contributed by atoms with Crippen LogP contribution in [0.5, 0.6) is 0 Å². The van der Waals surface area contributed by atoms with Gasteiger partial charge in [0.2, 0.25) is 11.8 Å². The van der Waals surface area contributed by atoms with E-state index in [1.165, 1.54) is 29.8 Å². The Labute approximate surface area is 146 Å². The van der Waals surface area contributed by atoms with Gasteiger partial charge in [0.1, 0.15) is 5.82 Å². The number of rotatable bonds is 4. The number of anilines is 2. The summed E-state index contributed by atoms with van der Waals surface area (Å²) in [6, 6.07) is 13.5. The van der Waals surface area contributed by atoms with Crippen LogP contribution >= 0.6 is 0 Å². The van der Waals surface area contributed by atoms with Gasteiger partial charge >= 0.3 is 0 Å². The molecule has 1 saturated heterocycles. The predicted octanol–water partition coefficient (Wildman–Crippen LogP) is 3.94. The molecular formula is C20H21FN2O2.